The second-order valence-electron chi connectivity index (χ2n) is 6.03. The van der Waals surface area contributed by atoms with E-state index in [1.807, 2.05) is 7.05 Å². The fourth-order valence-electron chi connectivity index (χ4n) is 2.63. The van der Waals surface area contributed by atoms with Crippen molar-refractivity contribution in [2.24, 2.45) is 0 Å². The number of hydrogen-bond donors (Lipinski definition) is 1. The molecule has 1 aliphatic heterocycles. The molecule has 0 unspecified atom stereocenters. The minimum Gasteiger partial charge on any atom is -0.310 e. The molecule has 1 fully saturated rings. The molecule has 0 saturated carbocycles. The molecule has 0 aliphatic carbocycles. The number of rotatable bonds is 4. The Bertz CT molecular complexity index is 808. The van der Waals surface area contributed by atoms with Gasteiger partial charge in [-0.2, -0.15) is 0 Å². The number of piperidine rings is 1. The van der Waals surface area contributed by atoms with Crippen molar-refractivity contribution in [1.82, 2.24) is 9.88 Å². The second-order valence-corrected chi connectivity index (χ2v) is 6.85. The van der Waals surface area contributed by atoms with Crippen LogP contribution in [0, 0.1) is 17.5 Å². The third-order valence-electron chi connectivity index (χ3n) is 4.10. The molecule has 138 valence electrons. The van der Waals surface area contributed by atoms with Crippen molar-refractivity contribution < 1.29 is 17.6 Å². The predicted molar refractivity (Wildman–Crippen MR) is 94.8 cm³/mol. The predicted octanol–water partition coefficient (Wildman–Crippen LogP) is 5.02. The molecule has 0 atom stereocenters. The zero-order valence-corrected chi connectivity index (χ0v) is 14.8. The van der Waals surface area contributed by atoms with Crippen molar-refractivity contribution in [1.29, 1.82) is 0 Å². The van der Waals surface area contributed by atoms with Gasteiger partial charge >= 0.3 is 0 Å². The monoisotopic (exact) mass is 383 g/mol. The summed E-state index contributed by atoms with van der Waals surface area (Å²) in [4.78, 5) is 5.91. The Balaban J connectivity index is 1.75. The fraction of sp³-hybridized carbons (Fsp3) is 0.278. The molecular formula is C18H17F4N3S. The van der Waals surface area contributed by atoms with Crippen LogP contribution in [0.4, 0.5) is 23.4 Å². The van der Waals surface area contributed by atoms with Crippen LogP contribution in [0.3, 0.4) is 0 Å². The number of aromatic nitrogens is 1. The average molecular weight is 383 g/mol. The quantitative estimate of drug-likeness (QED) is 0.593. The van der Waals surface area contributed by atoms with Gasteiger partial charge in [0, 0.05) is 25.2 Å². The minimum absolute atomic E-state index is 0.176. The largest absolute Gasteiger partial charge is 0.310 e. The highest BCUT2D eigenvalue weighted by molar-refractivity contribution is 8.00. The summed E-state index contributed by atoms with van der Waals surface area (Å²) in [5, 5.41) is 0. The Morgan fingerprint density at radius 1 is 1.12 bits per heavy atom. The summed E-state index contributed by atoms with van der Waals surface area (Å²) >= 11 is 0.617. The van der Waals surface area contributed by atoms with Crippen LogP contribution < -0.4 is 4.72 Å². The van der Waals surface area contributed by atoms with Gasteiger partial charge in [-0.25, -0.2) is 22.5 Å². The maximum Gasteiger partial charge on any atom is 0.148 e. The van der Waals surface area contributed by atoms with E-state index in [2.05, 4.69) is 14.6 Å². The smallest absolute Gasteiger partial charge is 0.148 e. The zero-order chi connectivity index (χ0) is 18.7. The first-order valence-corrected chi connectivity index (χ1v) is 8.86. The lowest BCUT2D eigenvalue weighted by Gasteiger charge is -2.24. The summed E-state index contributed by atoms with van der Waals surface area (Å²) in [7, 11) is 1.99. The molecule has 2 aromatic rings. The van der Waals surface area contributed by atoms with Crippen LogP contribution in [-0.2, 0) is 0 Å². The van der Waals surface area contributed by atoms with Crippen molar-refractivity contribution in [3.63, 3.8) is 0 Å². The number of likely N-dealkylation sites (tertiary alicyclic amines) is 1. The Kier molecular flexibility index (Phi) is 5.83. The fourth-order valence-corrected chi connectivity index (χ4v) is 3.27. The van der Waals surface area contributed by atoms with E-state index in [9.17, 15) is 17.6 Å². The SMILES string of the molecule is CN1CCC(=C(F)c2cccc(NSc3c(F)cc(F)cc3F)n2)CC1. The highest BCUT2D eigenvalue weighted by atomic mass is 32.2. The molecule has 1 saturated heterocycles. The third kappa shape index (κ3) is 4.37. The average Bonchev–Trinajstić information content (AvgIpc) is 2.61. The highest BCUT2D eigenvalue weighted by Crippen LogP contribution is 2.29. The summed E-state index contributed by atoms with van der Waals surface area (Å²) in [6.07, 6.45) is 1.28. The molecule has 0 radical (unpaired) electrons. The third-order valence-corrected chi connectivity index (χ3v) is 5.00. The Hall–Kier alpha value is -2.06. The van der Waals surface area contributed by atoms with Gasteiger partial charge in [-0.15, -0.1) is 0 Å². The molecule has 0 amide bonds. The van der Waals surface area contributed by atoms with Gasteiger partial charge in [0.1, 0.15) is 39.7 Å². The molecule has 8 heteroatoms. The Labute approximate surface area is 153 Å². The van der Waals surface area contributed by atoms with Gasteiger partial charge in [0.2, 0.25) is 0 Å². The Morgan fingerprint density at radius 3 is 2.42 bits per heavy atom. The molecule has 26 heavy (non-hydrogen) atoms. The highest BCUT2D eigenvalue weighted by Gasteiger charge is 2.17. The van der Waals surface area contributed by atoms with E-state index in [0.717, 1.165) is 18.7 Å². The summed E-state index contributed by atoms with van der Waals surface area (Å²) in [6.45, 7) is 1.58. The first kappa shape index (κ1) is 18.7. The number of benzene rings is 1. The van der Waals surface area contributed by atoms with E-state index < -0.39 is 17.5 Å². The van der Waals surface area contributed by atoms with Gasteiger partial charge in [0.25, 0.3) is 0 Å². The summed E-state index contributed by atoms with van der Waals surface area (Å²) in [5.41, 5.74) is 0.895. The first-order valence-electron chi connectivity index (χ1n) is 8.05. The van der Waals surface area contributed by atoms with Crippen LogP contribution >= 0.6 is 11.9 Å². The van der Waals surface area contributed by atoms with Gasteiger partial charge in [0.05, 0.1) is 0 Å². The van der Waals surface area contributed by atoms with Crippen LogP contribution in [-0.4, -0.2) is 30.0 Å². The molecular weight excluding hydrogens is 366 g/mol. The number of nitrogens with one attached hydrogen (secondary N) is 1. The van der Waals surface area contributed by atoms with E-state index >= 15 is 0 Å². The molecule has 2 heterocycles. The van der Waals surface area contributed by atoms with E-state index in [4.69, 9.17) is 0 Å². The molecule has 3 nitrogen and oxygen atoms in total. The van der Waals surface area contributed by atoms with E-state index in [0.29, 0.717) is 36.9 Å². The molecule has 0 bridgehead atoms. The van der Waals surface area contributed by atoms with Crippen molar-refractivity contribution >= 4 is 23.6 Å². The molecule has 3 rings (SSSR count). The molecule has 1 aliphatic rings. The van der Waals surface area contributed by atoms with Crippen LogP contribution in [0.5, 0.6) is 0 Å². The lowest BCUT2D eigenvalue weighted by Crippen LogP contribution is -2.26. The lowest BCUT2D eigenvalue weighted by molar-refractivity contribution is 0.311. The number of pyridine rings is 1. The van der Waals surface area contributed by atoms with Gasteiger partial charge in [-0.3, -0.25) is 0 Å². The summed E-state index contributed by atoms with van der Waals surface area (Å²) in [5.74, 6) is -3.13. The zero-order valence-electron chi connectivity index (χ0n) is 14.0. The summed E-state index contributed by atoms with van der Waals surface area (Å²) < 4.78 is 57.6. The van der Waals surface area contributed by atoms with Crippen LogP contribution in [0.1, 0.15) is 18.5 Å². The van der Waals surface area contributed by atoms with E-state index in [-0.39, 0.29) is 22.2 Å². The number of halogens is 4. The first-order chi connectivity index (χ1) is 12.4. The minimum atomic E-state index is -1.02. The standard InChI is InChI=1S/C18H17F4N3S/c1-25-7-5-11(6-8-25)17(22)15-3-2-4-16(23-15)24-26-18-13(20)9-12(19)10-14(18)21/h2-4,9-10H,5-8H2,1H3,(H,23,24). The molecule has 1 N–H and O–H groups in total. The van der Waals surface area contributed by atoms with Crippen molar-refractivity contribution in [3.05, 3.63) is 59.1 Å². The maximum absolute atomic E-state index is 14.7. The Morgan fingerprint density at radius 2 is 1.77 bits per heavy atom. The number of anilines is 1. The van der Waals surface area contributed by atoms with E-state index in [1.165, 1.54) is 0 Å². The molecule has 1 aromatic carbocycles. The molecule has 0 spiro atoms. The van der Waals surface area contributed by atoms with Crippen LogP contribution in [0.2, 0.25) is 0 Å². The van der Waals surface area contributed by atoms with Crippen molar-refractivity contribution in [3.8, 4) is 0 Å². The van der Waals surface area contributed by atoms with Crippen LogP contribution in [0.15, 0.2) is 40.8 Å². The van der Waals surface area contributed by atoms with E-state index in [1.54, 1.807) is 18.2 Å². The number of hydrogen-bond acceptors (Lipinski definition) is 4. The van der Waals surface area contributed by atoms with Gasteiger partial charge < -0.3 is 9.62 Å². The molecule has 1 aromatic heterocycles. The normalized spacial score (nSPS) is 15.2. The van der Waals surface area contributed by atoms with Crippen molar-refractivity contribution in [2.45, 2.75) is 17.7 Å². The lowest BCUT2D eigenvalue weighted by atomic mass is 10.0. The number of nitrogens with zero attached hydrogens (tertiary/aromatic N) is 2. The van der Waals surface area contributed by atoms with Gasteiger partial charge in [-0.1, -0.05) is 6.07 Å². The van der Waals surface area contributed by atoms with Gasteiger partial charge in [0.15, 0.2) is 0 Å². The van der Waals surface area contributed by atoms with Crippen molar-refractivity contribution in [2.75, 3.05) is 24.9 Å². The van der Waals surface area contributed by atoms with Crippen LogP contribution in [0.25, 0.3) is 5.83 Å². The topological polar surface area (TPSA) is 28.2 Å². The summed E-state index contributed by atoms with van der Waals surface area (Å²) in [6, 6.07) is 5.91. The second kappa shape index (κ2) is 8.09. The van der Waals surface area contributed by atoms with Gasteiger partial charge in [-0.05, 0) is 49.5 Å². The maximum atomic E-state index is 14.7.